The Hall–Kier alpha value is -4.33. The summed E-state index contributed by atoms with van der Waals surface area (Å²) >= 11 is 0. The summed E-state index contributed by atoms with van der Waals surface area (Å²) in [6.07, 6.45) is 0.314. The van der Waals surface area contributed by atoms with Crippen molar-refractivity contribution in [1.29, 1.82) is 0 Å². The van der Waals surface area contributed by atoms with Crippen LogP contribution in [0.2, 0.25) is 0 Å². The van der Waals surface area contributed by atoms with Crippen LogP contribution in [0.15, 0.2) is 78.9 Å². The molecule has 1 heterocycles. The molecule has 0 radical (unpaired) electrons. The smallest absolute Gasteiger partial charge is 0.319 e. The van der Waals surface area contributed by atoms with Crippen LogP contribution in [-0.4, -0.2) is 37.5 Å². The molecule has 3 aromatic rings. The van der Waals surface area contributed by atoms with E-state index >= 15 is 0 Å². The minimum atomic E-state index is -0.897. The van der Waals surface area contributed by atoms with Crippen LogP contribution in [-0.2, 0) is 9.59 Å². The lowest BCUT2D eigenvalue weighted by Gasteiger charge is -2.25. The SMILES string of the molecule is COc1ccccc1NC(=O)NC1CC(c2ccccc2)c2ccccc2N(CC(N)=O)C1=O. The fourth-order valence-corrected chi connectivity index (χ4v) is 4.30. The Morgan fingerprint density at radius 3 is 2.41 bits per heavy atom. The quantitative estimate of drug-likeness (QED) is 0.526. The van der Waals surface area contributed by atoms with Crippen molar-refractivity contribution >= 4 is 29.2 Å². The largest absolute Gasteiger partial charge is 0.495 e. The van der Waals surface area contributed by atoms with Gasteiger partial charge in [0.2, 0.25) is 11.8 Å². The summed E-state index contributed by atoms with van der Waals surface area (Å²) in [7, 11) is 1.51. The van der Waals surface area contributed by atoms with Gasteiger partial charge in [0.25, 0.3) is 0 Å². The number of ether oxygens (including phenoxy) is 1. The van der Waals surface area contributed by atoms with Crippen LogP contribution in [0.25, 0.3) is 0 Å². The van der Waals surface area contributed by atoms with Gasteiger partial charge < -0.3 is 26.0 Å². The highest BCUT2D eigenvalue weighted by Crippen LogP contribution is 2.39. The molecule has 174 valence electrons. The van der Waals surface area contributed by atoms with Crippen LogP contribution in [0.1, 0.15) is 23.5 Å². The third kappa shape index (κ3) is 4.85. The maximum atomic E-state index is 13.6. The lowest BCUT2D eigenvalue weighted by Crippen LogP contribution is -2.51. The number of carbonyl (C=O) groups is 3. The number of benzene rings is 3. The number of fused-ring (bicyclic) bond motifs is 1. The van der Waals surface area contributed by atoms with Crippen LogP contribution in [0.5, 0.6) is 5.75 Å². The van der Waals surface area contributed by atoms with E-state index < -0.39 is 23.9 Å². The van der Waals surface area contributed by atoms with Gasteiger partial charge in [-0.2, -0.15) is 0 Å². The van der Waals surface area contributed by atoms with Gasteiger partial charge in [0, 0.05) is 11.6 Å². The molecule has 1 aliphatic heterocycles. The number of anilines is 2. The minimum Gasteiger partial charge on any atom is -0.495 e. The monoisotopic (exact) mass is 458 g/mol. The van der Waals surface area contributed by atoms with Crippen LogP contribution in [0.4, 0.5) is 16.2 Å². The topological polar surface area (TPSA) is 114 Å². The third-order valence-corrected chi connectivity index (χ3v) is 5.81. The van der Waals surface area contributed by atoms with E-state index in [1.165, 1.54) is 12.0 Å². The van der Waals surface area contributed by atoms with Gasteiger partial charge in [-0.1, -0.05) is 60.7 Å². The van der Waals surface area contributed by atoms with Crippen molar-refractivity contribution < 1.29 is 19.1 Å². The summed E-state index contributed by atoms with van der Waals surface area (Å²) < 4.78 is 5.29. The summed E-state index contributed by atoms with van der Waals surface area (Å²) in [5, 5.41) is 5.54. The molecule has 0 aromatic heterocycles. The predicted molar refractivity (Wildman–Crippen MR) is 130 cm³/mol. The maximum Gasteiger partial charge on any atom is 0.319 e. The zero-order valence-electron chi connectivity index (χ0n) is 18.7. The summed E-state index contributed by atoms with van der Waals surface area (Å²) in [5.74, 6) is -0.732. The van der Waals surface area contributed by atoms with Gasteiger partial charge in [-0.25, -0.2) is 4.79 Å². The molecule has 1 aliphatic rings. The highest BCUT2D eigenvalue weighted by molar-refractivity contribution is 6.05. The van der Waals surface area contributed by atoms with E-state index in [4.69, 9.17) is 10.5 Å². The van der Waals surface area contributed by atoms with Gasteiger partial charge in [-0.15, -0.1) is 0 Å². The molecule has 0 fully saturated rings. The lowest BCUT2D eigenvalue weighted by atomic mass is 9.86. The molecule has 4 amide bonds. The van der Waals surface area contributed by atoms with Crippen molar-refractivity contribution in [3.8, 4) is 5.75 Å². The van der Waals surface area contributed by atoms with Gasteiger partial charge in [0.05, 0.1) is 12.8 Å². The van der Waals surface area contributed by atoms with Gasteiger partial charge in [0.1, 0.15) is 18.3 Å². The van der Waals surface area contributed by atoms with Crippen molar-refractivity contribution in [2.45, 2.75) is 18.4 Å². The van der Waals surface area contributed by atoms with E-state index in [2.05, 4.69) is 10.6 Å². The molecule has 3 aromatic carbocycles. The highest BCUT2D eigenvalue weighted by Gasteiger charge is 2.37. The number of hydrogen-bond donors (Lipinski definition) is 3. The number of para-hydroxylation sites is 3. The summed E-state index contributed by atoms with van der Waals surface area (Å²) in [6.45, 7) is -0.288. The van der Waals surface area contributed by atoms with Gasteiger partial charge in [0.15, 0.2) is 0 Å². The molecular formula is C26H26N4O4. The number of carbonyl (C=O) groups excluding carboxylic acids is 3. The van der Waals surface area contributed by atoms with Crippen molar-refractivity contribution in [2.75, 3.05) is 23.9 Å². The molecule has 0 aliphatic carbocycles. The van der Waals surface area contributed by atoms with E-state index in [9.17, 15) is 14.4 Å². The molecule has 0 spiro atoms. The number of methoxy groups -OCH3 is 1. The molecule has 0 bridgehead atoms. The first-order valence-electron chi connectivity index (χ1n) is 10.9. The number of nitrogens with one attached hydrogen (secondary N) is 2. The van der Waals surface area contributed by atoms with E-state index in [0.29, 0.717) is 23.5 Å². The molecule has 0 saturated heterocycles. The molecule has 8 nitrogen and oxygen atoms in total. The predicted octanol–water partition coefficient (Wildman–Crippen LogP) is 3.24. The molecule has 8 heteroatoms. The molecule has 2 atom stereocenters. The summed E-state index contributed by atoms with van der Waals surface area (Å²) in [4.78, 5) is 39.7. The zero-order valence-corrected chi connectivity index (χ0v) is 18.7. The van der Waals surface area contributed by atoms with Crippen molar-refractivity contribution in [2.24, 2.45) is 5.73 Å². The number of amides is 4. The Kier molecular flexibility index (Phi) is 6.77. The van der Waals surface area contributed by atoms with Crippen molar-refractivity contribution in [1.82, 2.24) is 5.32 Å². The van der Waals surface area contributed by atoms with E-state index in [0.717, 1.165) is 11.1 Å². The molecule has 34 heavy (non-hydrogen) atoms. The van der Waals surface area contributed by atoms with Crippen LogP contribution in [0.3, 0.4) is 0 Å². The van der Waals surface area contributed by atoms with Gasteiger partial charge >= 0.3 is 6.03 Å². The number of nitrogens with zero attached hydrogens (tertiary/aromatic N) is 1. The standard InChI is InChI=1S/C26H26N4O4/c1-34-23-14-8-6-12-20(23)28-26(33)29-21-15-19(17-9-3-2-4-10-17)18-11-5-7-13-22(18)30(25(21)32)16-24(27)31/h2-14,19,21H,15-16H2,1H3,(H2,27,31)(H2,28,29,33). The maximum absolute atomic E-state index is 13.6. The molecule has 4 rings (SSSR count). The normalized spacial score (nSPS) is 17.3. The minimum absolute atomic E-state index is 0.184. The molecule has 2 unspecified atom stereocenters. The second-order valence-electron chi connectivity index (χ2n) is 8.00. The molecule has 0 saturated carbocycles. The number of primary amides is 1. The van der Waals surface area contributed by atoms with E-state index in [1.807, 2.05) is 48.5 Å². The fraction of sp³-hybridized carbons (Fsp3) is 0.192. The van der Waals surface area contributed by atoms with Crippen LogP contribution >= 0.6 is 0 Å². The Labute approximate surface area is 197 Å². The number of nitrogens with two attached hydrogens (primary N) is 1. The number of hydrogen-bond acceptors (Lipinski definition) is 4. The fourth-order valence-electron chi connectivity index (χ4n) is 4.30. The zero-order chi connectivity index (χ0) is 24.1. The molecular weight excluding hydrogens is 432 g/mol. The first kappa shape index (κ1) is 22.8. The average molecular weight is 459 g/mol. The van der Waals surface area contributed by atoms with Crippen molar-refractivity contribution in [3.63, 3.8) is 0 Å². The third-order valence-electron chi connectivity index (χ3n) is 5.81. The second-order valence-corrected chi connectivity index (χ2v) is 8.00. The van der Waals surface area contributed by atoms with Crippen molar-refractivity contribution in [3.05, 3.63) is 90.0 Å². The van der Waals surface area contributed by atoms with Crippen LogP contribution in [0, 0.1) is 0 Å². The summed E-state index contributed by atoms with van der Waals surface area (Å²) in [6, 6.07) is 22.7. The van der Waals surface area contributed by atoms with Crippen LogP contribution < -0.4 is 26.0 Å². The lowest BCUT2D eigenvalue weighted by molar-refractivity contribution is -0.123. The van der Waals surface area contributed by atoms with E-state index in [1.54, 1.807) is 30.3 Å². The Morgan fingerprint density at radius 1 is 1.00 bits per heavy atom. The Bertz CT molecular complexity index is 1200. The average Bonchev–Trinajstić information content (AvgIpc) is 2.95. The van der Waals surface area contributed by atoms with Gasteiger partial charge in [-0.05, 0) is 35.7 Å². The second kappa shape index (κ2) is 10.1. The number of urea groups is 1. The Morgan fingerprint density at radius 2 is 1.68 bits per heavy atom. The van der Waals surface area contributed by atoms with E-state index in [-0.39, 0.29) is 12.5 Å². The highest BCUT2D eigenvalue weighted by atomic mass is 16.5. The first-order valence-corrected chi connectivity index (χ1v) is 10.9. The number of rotatable bonds is 6. The summed E-state index contributed by atoms with van der Waals surface area (Å²) in [5.41, 5.74) is 8.44. The first-order chi connectivity index (χ1) is 16.5. The molecule has 4 N–H and O–H groups in total. The van der Waals surface area contributed by atoms with Gasteiger partial charge in [-0.3, -0.25) is 9.59 Å². The Balaban J connectivity index is 1.69.